The van der Waals surface area contributed by atoms with Gasteiger partial charge < -0.3 is 4.74 Å². The summed E-state index contributed by atoms with van der Waals surface area (Å²) in [6.45, 7) is 13.9. The Balaban J connectivity index is 1.50. The fourth-order valence-corrected chi connectivity index (χ4v) is 8.85. The van der Waals surface area contributed by atoms with Crippen LogP contribution in [0.5, 0.6) is 0 Å². The summed E-state index contributed by atoms with van der Waals surface area (Å²) < 4.78 is 8.13. The summed E-state index contributed by atoms with van der Waals surface area (Å²) in [5, 5.41) is 0.485. The van der Waals surface area contributed by atoms with E-state index >= 15 is 0 Å². The molecule has 0 radical (unpaired) electrons. The van der Waals surface area contributed by atoms with Crippen LogP contribution in [0.25, 0.3) is 10.9 Å². The predicted molar refractivity (Wildman–Crippen MR) is 164 cm³/mol. The quantitative estimate of drug-likeness (QED) is 0.401. The SMILES string of the molecule is CCOC(=O)Cn1c(=O)n(C2C[C@@H]3CC[C@@H](C)[C@H](C2)N3C2C[C@@H](C)CC(CC)[C@@H](C)[C@@H](C)C2)c(=O)c2ccccc21. The lowest BCUT2D eigenvalue weighted by Crippen LogP contribution is -2.61. The van der Waals surface area contributed by atoms with Crippen LogP contribution in [0.3, 0.4) is 0 Å². The molecule has 7 heteroatoms. The van der Waals surface area contributed by atoms with Crippen molar-refractivity contribution in [3.05, 3.63) is 45.1 Å². The number of nitrogens with zero attached hydrogens (tertiary/aromatic N) is 3. The highest BCUT2D eigenvalue weighted by atomic mass is 16.5. The lowest BCUT2D eigenvalue weighted by molar-refractivity contribution is -0.143. The summed E-state index contributed by atoms with van der Waals surface area (Å²) in [7, 11) is 0. The Kier molecular flexibility index (Phi) is 9.13. The third-order valence-electron chi connectivity index (χ3n) is 11.1. The van der Waals surface area contributed by atoms with Gasteiger partial charge in [0.25, 0.3) is 5.56 Å². The van der Waals surface area contributed by atoms with E-state index < -0.39 is 11.7 Å². The fourth-order valence-electron chi connectivity index (χ4n) is 8.85. The molecule has 1 aromatic heterocycles. The second kappa shape index (κ2) is 12.4. The molecule has 3 fully saturated rings. The third-order valence-corrected chi connectivity index (χ3v) is 11.1. The molecule has 3 aliphatic rings. The van der Waals surface area contributed by atoms with E-state index in [0.29, 0.717) is 46.8 Å². The molecule has 9 atom stereocenters. The number of hydrogen-bond donors (Lipinski definition) is 0. The topological polar surface area (TPSA) is 73.5 Å². The Morgan fingerprint density at radius 2 is 1.63 bits per heavy atom. The molecule has 7 nitrogen and oxygen atoms in total. The summed E-state index contributed by atoms with van der Waals surface area (Å²) in [6, 6.07) is 8.25. The Labute approximate surface area is 245 Å². The van der Waals surface area contributed by atoms with Crippen LogP contribution in [0.15, 0.2) is 33.9 Å². The predicted octanol–water partition coefficient (Wildman–Crippen LogP) is 6.02. The van der Waals surface area contributed by atoms with Gasteiger partial charge in [0.1, 0.15) is 6.54 Å². The van der Waals surface area contributed by atoms with Gasteiger partial charge in [0.15, 0.2) is 0 Å². The van der Waals surface area contributed by atoms with E-state index in [9.17, 15) is 14.4 Å². The molecule has 41 heavy (non-hydrogen) atoms. The van der Waals surface area contributed by atoms with Gasteiger partial charge in [-0.25, -0.2) is 4.79 Å². The summed E-state index contributed by atoms with van der Waals surface area (Å²) in [6.07, 6.45) is 8.97. The minimum atomic E-state index is -0.461. The molecule has 0 amide bonds. The van der Waals surface area contributed by atoms with Gasteiger partial charge in [-0.3, -0.25) is 23.6 Å². The van der Waals surface area contributed by atoms with Crippen LogP contribution in [0, 0.1) is 29.6 Å². The number of rotatable bonds is 6. The van der Waals surface area contributed by atoms with Gasteiger partial charge >= 0.3 is 11.7 Å². The molecule has 2 aromatic rings. The highest BCUT2D eigenvalue weighted by Gasteiger charge is 2.47. The first-order chi connectivity index (χ1) is 19.6. The summed E-state index contributed by atoms with van der Waals surface area (Å²) in [5.41, 5.74) is -0.129. The molecule has 0 spiro atoms. The lowest BCUT2D eigenvalue weighted by Gasteiger charge is -2.56. The van der Waals surface area contributed by atoms with Crippen molar-refractivity contribution in [2.24, 2.45) is 29.6 Å². The summed E-state index contributed by atoms with van der Waals surface area (Å²) in [4.78, 5) is 43.2. The second-order valence-corrected chi connectivity index (χ2v) is 13.7. The van der Waals surface area contributed by atoms with E-state index in [-0.39, 0.29) is 24.8 Å². The first-order valence-electron chi connectivity index (χ1n) is 16.3. The number of esters is 1. The largest absolute Gasteiger partial charge is 0.465 e. The summed E-state index contributed by atoms with van der Waals surface area (Å²) >= 11 is 0. The third kappa shape index (κ3) is 5.80. The number of aromatic nitrogens is 2. The number of carbonyl (C=O) groups is 1. The first kappa shape index (κ1) is 30.1. The fraction of sp³-hybridized carbons (Fsp3) is 0.735. The van der Waals surface area contributed by atoms with Gasteiger partial charge in [-0.2, -0.15) is 0 Å². The molecule has 1 aliphatic carbocycles. The Morgan fingerprint density at radius 1 is 0.878 bits per heavy atom. The zero-order valence-electron chi connectivity index (χ0n) is 26.1. The van der Waals surface area contributed by atoms with Crippen LogP contribution < -0.4 is 11.2 Å². The van der Waals surface area contributed by atoms with Crippen molar-refractivity contribution < 1.29 is 9.53 Å². The van der Waals surface area contributed by atoms with Gasteiger partial charge in [0.2, 0.25) is 0 Å². The van der Waals surface area contributed by atoms with Crippen LogP contribution in [0.4, 0.5) is 0 Å². The smallest absolute Gasteiger partial charge is 0.332 e. The van der Waals surface area contributed by atoms with E-state index in [1.165, 1.54) is 41.2 Å². The van der Waals surface area contributed by atoms with Crippen LogP contribution in [0.1, 0.15) is 99.0 Å². The van der Waals surface area contributed by atoms with Crippen molar-refractivity contribution >= 4 is 16.9 Å². The van der Waals surface area contributed by atoms with Crippen molar-refractivity contribution in [2.45, 2.75) is 124 Å². The minimum absolute atomic E-state index is 0.172. The van der Waals surface area contributed by atoms with Crippen molar-refractivity contribution in [3.8, 4) is 0 Å². The molecule has 5 rings (SSSR count). The zero-order valence-corrected chi connectivity index (χ0v) is 26.1. The van der Waals surface area contributed by atoms with Gasteiger partial charge in [0, 0.05) is 24.2 Å². The molecule has 2 saturated heterocycles. The molecule has 2 bridgehead atoms. The normalized spacial score (nSPS) is 34.6. The maximum atomic E-state index is 14.0. The molecule has 226 valence electrons. The van der Waals surface area contributed by atoms with Gasteiger partial charge in [-0.15, -0.1) is 0 Å². The first-order valence-corrected chi connectivity index (χ1v) is 16.3. The van der Waals surface area contributed by atoms with Crippen molar-refractivity contribution in [1.29, 1.82) is 0 Å². The number of piperidine rings is 2. The van der Waals surface area contributed by atoms with E-state index in [2.05, 4.69) is 39.5 Å². The van der Waals surface area contributed by atoms with Gasteiger partial charge in [0.05, 0.1) is 17.5 Å². The zero-order chi connectivity index (χ0) is 29.4. The molecular formula is C34H51N3O4. The van der Waals surface area contributed by atoms with E-state index in [4.69, 9.17) is 4.74 Å². The second-order valence-electron chi connectivity index (χ2n) is 13.7. The van der Waals surface area contributed by atoms with Gasteiger partial charge in [-0.1, -0.05) is 53.2 Å². The van der Waals surface area contributed by atoms with Crippen molar-refractivity contribution in [3.63, 3.8) is 0 Å². The van der Waals surface area contributed by atoms with Crippen molar-refractivity contribution in [1.82, 2.24) is 14.0 Å². The van der Waals surface area contributed by atoms with Crippen molar-refractivity contribution in [2.75, 3.05) is 6.61 Å². The molecule has 0 N–H and O–H groups in total. The van der Waals surface area contributed by atoms with Crippen LogP contribution in [-0.2, 0) is 16.1 Å². The van der Waals surface area contributed by atoms with Gasteiger partial charge in [-0.05, 0) is 93.6 Å². The maximum Gasteiger partial charge on any atom is 0.332 e. The number of para-hydroxylation sites is 1. The average molecular weight is 566 g/mol. The highest BCUT2D eigenvalue weighted by molar-refractivity contribution is 5.80. The monoisotopic (exact) mass is 565 g/mol. The molecule has 3 heterocycles. The lowest BCUT2D eigenvalue weighted by atomic mass is 9.69. The van der Waals surface area contributed by atoms with E-state index in [0.717, 1.165) is 31.1 Å². The molecule has 2 aliphatic heterocycles. The van der Waals surface area contributed by atoms with E-state index in [1.54, 1.807) is 25.1 Å². The minimum Gasteiger partial charge on any atom is -0.465 e. The standard InChI is InChI=1S/C34H51N3O4/c1-7-25-15-21(3)16-27(17-23(5)24(25)6)36-26-14-13-22(4)31(36)19-28(18-26)37-33(39)29-11-9-10-12-30(29)35(34(37)40)20-32(38)41-8-2/h9-12,21-28,31H,7-8,13-20H2,1-6H3/t21-,22+,23-,24-,25?,26-,27?,28?,31-/m0/s1. The Hall–Kier alpha value is -2.41. The number of carbonyl (C=O) groups excluding carboxylic acids is 1. The average Bonchev–Trinajstić information content (AvgIpc) is 2.94. The number of hydrogen-bond acceptors (Lipinski definition) is 5. The molecule has 1 aromatic carbocycles. The summed E-state index contributed by atoms with van der Waals surface area (Å²) in [5.74, 6) is 2.98. The maximum absolute atomic E-state index is 14.0. The molecule has 1 saturated carbocycles. The number of fused-ring (bicyclic) bond motifs is 3. The number of ether oxygens (including phenoxy) is 1. The molecule has 3 unspecified atom stereocenters. The highest BCUT2D eigenvalue weighted by Crippen LogP contribution is 2.46. The van der Waals surface area contributed by atoms with Crippen LogP contribution in [0.2, 0.25) is 0 Å². The van der Waals surface area contributed by atoms with Crippen LogP contribution in [-0.4, -0.2) is 44.7 Å². The number of benzene rings is 1. The Bertz CT molecular complexity index is 1350. The van der Waals surface area contributed by atoms with Crippen LogP contribution >= 0.6 is 0 Å². The molecular weight excluding hydrogens is 514 g/mol. The Morgan fingerprint density at radius 3 is 2.37 bits per heavy atom. The van der Waals surface area contributed by atoms with E-state index in [1.807, 2.05) is 6.07 Å².